The molecule has 0 saturated heterocycles. The molecule has 0 bridgehead atoms. The van der Waals surface area contributed by atoms with Gasteiger partial charge in [-0.15, -0.1) is 0 Å². The van der Waals surface area contributed by atoms with Crippen LogP contribution in [0.25, 0.3) is 0 Å². The third-order valence-corrected chi connectivity index (χ3v) is 2.47. The predicted octanol–water partition coefficient (Wildman–Crippen LogP) is 2.43. The third-order valence-electron chi connectivity index (χ3n) is 2.47. The first-order valence-corrected chi connectivity index (χ1v) is 5.67. The number of carboxylic acids is 1. The van der Waals surface area contributed by atoms with E-state index in [-0.39, 0.29) is 13.0 Å². The maximum atomic E-state index is 12.9. The van der Waals surface area contributed by atoms with E-state index in [1.807, 2.05) is 0 Å². The average Bonchev–Trinajstić information content (AvgIpc) is 2.37. The normalized spacial score (nSPS) is 10.2. The Bertz CT molecular complexity index is 586. The Morgan fingerprint density at radius 3 is 2.84 bits per heavy atom. The standard InChI is InChI=1S/C14H12FNO3/c15-12-5-10(7-16-8-12)9-19-13-4-2-1-3-11(13)6-14(17)18/h1-5,7-8H,6,9H2,(H,17,18). The monoisotopic (exact) mass is 261 g/mol. The average molecular weight is 261 g/mol. The first-order chi connectivity index (χ1) is 9.15. The molecular formula is C14H12FNO3. The lowest BCUT2D eigenvalue weighted by atomic mass is 10.1. The molecule has 1 aromatic heterocycles. The van der Waals surface area contributed by atoms with Gasteiger partial charge in [0.05, 0.1) is 12.6 Å². The molecule has 4 nitrogen and oxygen atoms in total. The molecule has 98 valence electrons. The quantitative estimate of drug-likeness (QED) is 0.898. The molecule has 0 unspecified atom stereocenters. The van der Waals surface area contributed by atoms with Crippen molar-refractivity contribution in [2.24, 2.45) is 0 Å². The van der Waals surface area contributed by atoms with Crippen LogP contribution in [0.15, 0.2) is 42.7 Å². The van der Waals surface area contributed by atoms with E-state index in [4.69, 9.17) is 9.84 Å². The van der Waals surface area contributed by atoms with Crippen molar-refractivity contribution in [3.63, 3.8) is 0 Å². The van der Waals surface area contributed by atoms with Gasteiger partial charge in [-0.05, 0) is 12.1 Å². The summed E-state index contributed by atoms with van der Waals surface area (Å²) >= 11 is 0. The number of nitrogens with zero attached hydrogens (tertiary/aromatic N) is 1. The first-order valence-electron chi connectivity index (χ1n) is 5.67. The molecule has 1 N–H and O–H groups in total. The van der Waals surface area contributed by atoms with Gasteiger partial charge in [0.25, 0.3) is 0 Å². The van der Waals surface area contributed by atoms with E-state index < -0.39 is 11.8 Å². The Balaban J connectivity index is 2.09. The van der Waals surface area contributed by atoms with Crippen molar-refractivity contribution in [1.29, 1.82) is 0 Å². The number of ether oxygens (including phenoxy) is 1. The van der Waals surface area contributed by atoms with Crippen LogP contribution in [0.3, 0.4) is 0 Å². The van der Waals surface area contributed by atoms with Gasteiger partial charge in [-0.3, -0.25) is 9.78 Å². The van der Waals surface area contributed by atoms with E-state index >= 15 is 0 Å². The fraction of sp³-hybridized carbons (Fsp3) is 0.143. The number of carbonyl (C=O) groups is 1. The van der Waals surface area contributed by atoms with E-state index in [9.17, 15) is 9.18 Å². The lowest BCUT2D eigenvalue weighted by Gasteiger charge is -2.10. The van der Waals surface area contributed by atoms with Crippen molar-refractivity contribution < 1.29 is 19.0 Å². The maximum Gasteiger partial charge on any atom is 0.307 e. The summed E-state index contributed by atoms with van der Waals surface area (Å²) in [6.07, 6.45) is 2.50. The van der Waals surface area contributed by atoms with E-state index in [2.05, 4.69) is 4.98 Å². The molecule has 2 aromatic rings. The van der Waals surface area contributed by atoms with Crippen LogP contribution < -0.4 is 4.74 Å². The summed E-state index contributed by atoms with van der Waals surface area (Å²) in [5, 5.41) is 8.80. The number of aliphatic carboxylic acids is 1. The van der Waals surface area contributed by atoms with Crippen molar-refractivity contribution in [3.8, 4) is 5.75 Å². The van der Waals surface area contributed by atoms with Crippen LogP contribution in [0.5, 0.6) is 5.75 Å². The van der Waals surface area contributed by atoms with Crippen molar-refractivity contribution in [2.45, 2.75) is 13.0 Å². The largest absolute Gasteiger partial charge is 0.489 e. The minimum Gasteiger partial charge on any atom is -0.489 e. The summed E-state index contributed by atoms with van der Waals surface area (Å²) in [6.45, 7) is 0.140. The summed E-state index contributed by atoms with van der Waals surface area (Å²) in [4.78, 5) is 14.4. The number of aromatic nitrogens is 1. The topological polar surface area (TPSA) is 59.4 Å². The van der Waals surface area contributed by atoms with Gasteiger partial charge in [-0.25, -0.2) is 4.39 Å². The molecular weight excluding hydrogens is 249 g/mol. The number of halogens is 1. The molecule has 0 atom stereocenters. The van der Waals surface area contributed by atoms with Crippen LogP contribution in [-0.2, 0) is 17.8 Å². The second-order valence-electron chi connectivity index (χ2n) is 3.98. The lowest BCUT2D eigenvalue weighted by Crippen LogP contribution is -2.04. The van der Waals surface area contributed by atoms with Gasteiger partial charge in [0, 0.05) is 17.3 Å². The van der Waals surface area contributed by atoms with Crippen LogP contribution in [-0.4, -0.2) is 16.1 Å². The van der Waals surface area contributed by atoms with Crippen LogP contribution >= 0.6 is 0 Å². The molecule has 0 spiro atoms. The second-order valence-corrected chi connectivity index (χ2v) is 3.98. The maximum absolute atomic E-state index is 12.9. The summed E-state index contributed by atoms with van der Waals surface area (Å²) in [5.41, 5.74) is 1.17. The first kappa shape index (κ1) is 13.0. The van der Waals surface area contributed by atoms with E-state index in [1.54, 1.807) is 24.3 Å². The van der Waals surface area contributed by atoms with Crippen molar-refractivity contribution >= 4 is 5.97 Å². The molecule has 0 radical (unpaired) electrons. The molecule has 1 aromatic carbocycles. The highest BCUT2D eigenvalue weighted by atomic mass is 19.1. The zero-order chi connectivity index (χ0) is 13.7. The number of rotatable bonds is 5. The van der Waals surface area contributed by atoms with Crippen LogP contribution in [0, 0.1) is 5.82 Å². The van der Waals surface area contributed by atoms with Crippen molar-refractivity contribution in [2.75, 3.05) is 0 Å². The van der Waals surface area contributed by atoms with Crippen LogP contribution in [0.1, 0.15) is 11.1 Å². The number of benzene rings is 1. The molecule has 1 heterocycles. The number of carboxylic acid groups (broad SMARTS) is 1. The molecule has 5 heteroatoms. The zero-order valence-electron chi connectivity index (χ0n) is 10.0. The molecule has 0 fully saturated rings. The fourth-order valence-electron chi connectivity index (χ4n) is 1.65. The van der Waals surface area contributed by atoms with Crippen LogP contribution in [0.4, 0.5) is 4.39 Å². The van der Waals surface area contributed by atoms with Crippen LogP contribution in [0.2, 0.25) is 0 Å². The smallest absolute Gasteiger partial charge is 0.307 e. The van der Waals surface area contributed by atoms with Gasteiger partial charge in [0.1, 0.15) is 18.2 Å². The molecule has 19 heavy (non-hydrogen) atoms. The fourth-order valence-corrected chi connectivity index (χ4v) is 1.65. The Kier molecular flexibility index (Phi) is 4.07. The zero-order valence-corrected chi connectivity index (χ0v) is 10.0. The Morgan fingerprint density at radius 1 is 1.32 bits per heavy atom. The molecule has 0 aliphatic carbocycles. The molecule has 0 amide bonds. The SMILES string of the molecule is O=C(O)Cc1ccccc1OCc1cncc(F)c1. The molecule has 2 rings (SSSR count). The number of para-hydroxylation sites is 1. The highest BCUT2D eigenvalue weighted by molar-refractivity contribution is 5.71. The highest BCUT2D eigenvalue weighted by Gasteiger charge is 2.07. The Hall–Kier alpha value is -2.43. The summed E-state index contributed by atoms with van der Waals surface area (Å²) in [7, 11) is 0. The minimum absolute atomic E-state index is 0.114. The van der Waals surface area contributed by atoms with Gasteiger partial charge in [0.15, 0.2) is 0 Å². The second kappa shape index (κ2) is 5.95. The van der Waals surface area contributed by atoms with Gasteiger partial charge in [-0.1, -0.05) is 18.2 Å². The van der Waals surface area contributed by atoms with Crippen molar-refractivity contribution in [1.82, 2.24) is 4.98 Å². The molecule has 0 saturated carbocycles. The van der Waals surface area contributed by atoms with E-state index in [0.29, 0.717) is 16.9 Å². The summed E-state index contributed by atoms with van der Waals surface area (Å²) in [5.74, 6) is -0.877. The molecule has 0 aliphatic rings. The van der Waals surface area contributed by atoms with E-state index in [0.717, 1.165) is 6.20 Å². The predicted molar refractivity (Wildman–Crippen MR) is 66.3 cm³/mol. The Labute approximate surface area is 109 Å². The minimum atomic E-state index is -0.927. The van der Waals surface area contributed by atoms with Gasteiger partial charge >= 0.3 is 5.97 Å². The molecule has 0 aliphatic heterocycles. The number of hydrogen-bond donors (Lipinski definition) is 1. The van der Waals surface area contributed by atoms with Crippen molar-refractivity contribution in [3.05, 3.63) is 59.7 Å². The third kappa shape index (κ3) is 3.77. The number of hydrogen-bond acceptors (Lipinski definition) is 3. The summed E-state index contributed by atoms with van der Waals surface area (Å²) in [6, 6.07) is 8.20. The number of pyridine rings is 1. The van der Waals surface area contributed by atoms with Gasteiger partial charge in [-0.2, -0.15) is 0 Å². The highest BCUT2D eigenvalue weighted by Crippen LogP contribution is 2.20. The Morgan fingerprint density at radius 2 is 2.11 bits per heavy atom. The summed E-state index contributed by atoms with van der Waals surface area (Å²) < 4.78 is 18.5. The van der Waals surface area contributed by atoms with Gasteiger partial charge < -0.3 is 9.84 Å². The lowest BCUT2D eigenvalue weighted by molar-refractivity contribution is -0.136. The van der Waals surface area contributed by atoms with E-state index in [1.165, 1.54) is 12.3 Å². The van der Waals surface area contributed by atoms with Gasteiger partial charge in [0.2, 0.25) is 0 Å².